The van der Waals surface area contributed by atoms with Gasteiger partial charge in [-0.05, 0) is 56.3 Å². The van der Waals surface area contributed by atoms with E-state index in [0.717, 1.165) is 53.7 Å². The topological polar surface area (TPSA) is 79.9 Å². The molecule has 5 rings (SSSR count). The van der Waals surface area contributed by atoms with E-state index in [1.54, 1.807) is 6.33 Å². The van der Waals surface area contributed by atoms with E-state index in [2.05, 4.69) is 78.2 Å². The van der Waals surface area contributed by atoms with E-state index in [0.29, 0.717) is 25.6 Å². The molecule has 0 spiro atoms. The van der Waals surface area contributed by atoms with Crippen LogP contribution >= 0.6 is 0 Å². The van der Waals surface area contributed by atoms with Gasteiger partial charge in [0.25, 0.3) is 0 Å². The van der Waals surface area contributed by atoms with Crippen LogP contribution in [0, 0.1) is 5.92 Å². The molecule has 8 heteroatoms. The van der Waals surface area contributed by atoms with Gasteiger partial charge in [-0.1, -0.05) is 37.8 Å². The van der Waals surface area contributed by atoms with Gasteiger partial charge in [0.15, 0.2) is 0 Å². The Kier molecular flexibility index (Phi) is 7.40. The van der Waals surface area contributed by atoms with Crippen LogP contribution in [0.2, 0.25) is 0 Å². The average Bonchev–Trinajstić information content (AvgIpc) is 3.30. The van der Waals surface area contributed by atoms with Gasteiger partial charge in [-0.2, -0.15) is 5.10 Å². The third-order valence-electron chi connectivity index (χ3n) is 8.02. The monoisotopic (exact) mass is 501 g/mol. The summed E-state index contributed by atoms with van der Waals surface area (Å²) < 4.78 is 7.68. The second-order valence-electron chi connectivity index (χ2n) is 11.0. The number of piperidine rings is 1. The number of likely N-dealkylation sites (tertiary alicyclic amines) is 1. The van der Waals surface area contributed by atoms with E-state index in [4.69, 9.17) is 14.8 Å². The fourth-order valence-corrected chi connectivity index (χ4v) is 5.58. The molecule has 3 aliphatic rings. The van der Waals surface area contributed by atoms with Crippen LogP contribution in [-0.4, -0.2) is 63.4 Å². The molecule has 2 atom stereocenters. The highest BCUT2D eigenvalue weighted by Gasteiger charge is 2.42. The molecule has 1 N–H and O–H groups in total. The molecule has 2 saturated heterocycles. The number of hydrazone groups is 1. The quantitative estimate of drug-likeness (QED) is 0.647. The van der Waals surface area contributed by atoms with E-state index in [1.165, 1.54) is 18.4 Å². The molecule has 0 radical (unpaired) electrons. The number of aromatic nitrogens is 3. The number of benzene rings is 1. The summed E-state index contributed by atoms with van der Waals surface area (Å²) in [7, 11) is 1.99. The number of aliphatic imine (C=N–C) groups is 1. The van der Waals surface area contributed by atoms with Gasteiger partial charge in [0, 0.05) is 37.5 Å². The van der Waals surface area contributed by atoms with Crippen LogP contribution in [0.5, 0.6) is 0 Å². The van der Waals surface area contributed by atoms with Gasteiger partial charge in [0.2, 0.25) is 0 Å². The van der Waals surface area contributed by atoms with Crippen LogP contribution in [0.15, 0.2) is 64.7 Å². The van der Waals surface area contributed by atoms with E-state index in [1.807, 2.05) is 11.6 Å². The fraction of sp³-hybridized carbons (Fsp3) is 0.517. The van der Waals surface area contributed by atoms with E-state index in [9.17, 15) is 0 Å². The van der Waals surface area contributed by atoms with Crippen LogP contribution in [0.25, 0.3) is 0 Å². The molecule has 0 aliphatic carbocycles. The lowest BCUT2D eigenvalue weighted by Gasteiger charge is -2.42. The summed E-state index contributed by atoms with van der Waals surface area (Å²) in [5.74, 6) is 1.67. The van der Waals surface area contributed by atoms with Crippen LogP contribution < -0.4 is 5.43 Å². The summed E-state index contributed by atoms with van der Waals surface area (Å²) in [6.45, 7) is 14.5. The Bertz CT molecular complexity index is 1240. The zero-order valence-corrected chi connectivity index (χ0v) is 22.6. The molecule has 3 aliphatic heterocycles. The number of aryl methyl sites for hydroxylation is 1. The first-order valence-electron chi connectivity index (χ1n) is 13.4. The molecule has 196 valence electrons. The van der Waals surface area contributed by atoms with Crippen molar-refractivity contribution < 1.29 is 4.74 Å². The lowest BCUT2D eigenvalue weighted by Crippen LogP contribution is -2.49. The Morgan fingerprint density at radius 2 is 2.14 bits per heavy atom. The lowest BCUT2D eigenvalue weighted by atomic mass is 9.75. The highest BCUT2D eigenvalue weighted by Crippen LogP contribution is 2.36. The molecule has 1 aromatic carbocycles. The molecular formula is C29H39N7O. The maximum Gasteiger partial charge on any atom is 0.133 e. The zero-order chi connectivity index (χ0) is 26.0. The molecule has 1 aromatic heterocycles. The summed E-state index contributed by atoms with van der Waals surface area (Å²) >= 11 is 0. The number of hydrogen-bond acceptors (Lipinski definition) is 7. The number of hydrogen-bond donors (Lipinski definition) is 1. The van der Waals surface area contributed by atoms with Gasteiger partial charge in [0.1, 0.15) is 12.2 Å². The largest absolute Gasteiger partial charge is 0.379 e. The summed E-state index contributed by atoms with van der Waals surface area (Å²) in [5, 5.41) is 13.2. The zero-order valence-electron chi connectivity index (χ0n) is 22.6. The third kappa shape index (κ3) is 5.45. The molecule has 2 fully saturated rings. The van der Waals surface area contributed by atoms with Crippen LogP contribution in [-0.2, 0) is 23.6 Å². The summed E-state index contributed by atoms with van der Waals surface area (Å²) in [4.78, 5) is 7.53. The number of allylic oxidation sites excluding steroid dienone is 2. The molecule has 0 amide bonds. The number of ether oxygens (including phenoxy) is 1. The first-order chi connectivity index (χ1) is 17.8. The van der Waals surface area contributed by atoms with Crippen LogP contribution in [0.4, 0.5) is 0 Å². The van der Waals surface area contributed by atoms with Crippen molar-refractivity contribution in [2.24, 2.45) is 23.1 Å². The normalized spacial score (nSPS) is 26.2. The predicted molar refractivity (Wildman–Crippen MR) is 148 cm³/mol. The minimum atomic E-state index is -0.101. The molecule has 0 bridgehead atoms. The Balaban J connectivity index is 1.38. The highest BCUT2D eigenvalue weighted by atomic mass is 16.5. The van der Waals surface area contributed by atoms with Crippen molar-refractivity contribution in [1.29, 1.82) is 0 Å². The highest BCUT2D eigenvalue weighted by molar-refractivity contribution is 6.05. The average molecular weight is 502 g/mol. The maximum atomic E-state index is 5.70. The maximum absolute atomic E-state index is 5.70. The fourth-order valence-electron chi connectivity index (χ4n) is 5.58. The smallest absolute Gasteiger partial charge is 0.133 e. The van der Waals surface area contributed by atoms with Crippen molar-refractivity contribution >= 4 is 11.4 Å². The molecule has 4 heterocycles. The Morgan fingerprint density at radius 1 is 1.30 bits per heavy atom. The summed E-state index contributed by atoms with van der Waals surface area (Å²) in [6.07, 6.45) is 7.93. The standard InChI is InChI=1S/C29H39N7O/c1-20-8-7-13-36(16-20)23(4)28-22(3)32-33-26(12-11-21(2)31-28)24-9-6-10-25(14-24)29(17-37-18-29)15-27-34-30-19-35(27)5/h6,9-11,14,19-20,23,32H,3,7-8,12-13,15-18H2,1-2,4-5H3/b21-11-,31-28?,33-26+/t20-,23?/m0/s1. The van der Waals surface area contributed by atoms with Gasteiger partial charge >= 0.3 is 0 Å². The molecule has 8 nitrogen and oxygen atoms in total. The van der Waals surface area contributed by atoms with E-state index in [-0.39, 0.29) is 11.5 Å². The van der Waals surface area contributed by atoms with Gasteiger partial charge in [-0.15, -0.1) is 10.2 Å². The SMILES string of the molecule is C=C1N/N=C(/c2cccc(C3(Cc4nncn4C)COC3)c2)C/C=C(/C)N=C1C(C)N1CCC[C@H](C)C1. The third-order valence-corrected chi connectivity index (χ3v) is 8.02. The van der Waals surface area contributed by atoms with Crippen LogP contribution in [0.3, 0.4) is 0 Å². The van der Waals surface area contributed by atoms with Gasteiger partial charge in [0.05, 0.1) is 36.4 Å². The molecule has 37 heavy (non-hydrogen) atoms. The van der Waals surface area contributed by atoms with Gasteiger partial charge in [-0.25, -0.2) is 0 Å². The van der Waals surface area contributed by atoms with E-state index < -0.39 is 0 Å². The van der Waals surface area contributed by atoms with Crippen molar-refractivity contribution in [2.75, 3.05) is 26.3 Å². The lowest BCUT2D eigenvalue weighted by molar-refractivity contribution is -0.0611. The second kappa shape index (κ2) is 10.7. The Morgan fingerprint density at radius 3 is 2.84 bits per heavy atom. The summed E-state index contributed by atoms with van der Waals surface area (Å²) in [5.41, 5.74) is 9.18. The van der Waals surface area contributed by atoms with Gasteiger partial charge in [-0.3, -0.25) is 15.3 Å². The van der Waals surface area contributed by atoms with E-state index >= 15 is 0 Å². The predicted octanol–water partition coefficient (Wildman–Crippen LogP) is 4.00. The number of nitrogens with one attached hydrogen (secondary N) is 1. The van der Waals surface area contributed by atoms with Crippen LogP contribution in [0.1, 0.15) is 57.0 Å². The minimum Gasteiger partial charge on any atom is -0.379 e. The van der Waals surface area contributed by atoms with Crippen molar-refractivity contribution in [3.05, 3.63) is 71.6 Å². The molecule has 2 aromatic rings. The Labute approximate surface area is 220 Å². The van der Waals surface area contributed by atoms with Crippen molar-refractivity contribution in [3.63, 3.8) is 0 Å². The van der Waals surface area contributed by atoms with Crippen molar-refractivity contribution in [2.45, 2.75) is 57.9 Å². The minimum absolute atomic E-state index is 0.101. The number of nitrogens with zero attached hydrogens (tertiary/aromatic N) is 6. The van der Waals surface area contributed by atoms with Crippen molar-refractivity contribution in [3.8, 4) is 0 Å². The Hall–Kier alpha value is -3.10. The molecule has 1 unspecified atom stereocenters. The van der Waals surface area contributed by atoms with Gasteiger partial charge < -0.3 is 9.30 Å². The summed E-state index contributed by atoms with van der Waals surface area (Å²) in [6, 6.07) is 8.87. The first kappa shape index (κ1) is 25.5. The first-order valence-corrected chi connectivity index (χ1v) is 13.4. The molecule has 0 saturated carbocycles. The van der Waals surface area contributed by atoms with Crippen molar-refractivity contribution in [1.82, 2.24) is 25.1 Å². The number of rotatable bonds is 6. The molecular weight excluding hydrogens is 462 g/mol. The second-order valence-corrected chi connectivity index (χ2v) is 11.0.